The summed E-state index contributed by atoms with van der Waals surface area (Å²) in [4.78, 5) is 12.1. The minimum absolute atomic E-state index is 0.0464. The van der Waals surface area contributed by atoms with Crippen molar-refractivity contribution < 1.29 is 18.0 Å². The highest BCUT2D eigenvalue weighted by atomic mass is 19.1. The number of anilines is 1. The molecular formula is C18H14F3N3O. The smallest absolute Gasteiger partial charge is 0.222 e. The van der Waals surface area contributed by atoms with Gasteiger partial charge in [-0.3, -0.25) is 4.79 Å². The van der Waals surface area contributed by atoms with E-state index in [1.165, 1.54) is 12.1 Å². The van der Waals surface area contributed by atoms with Crippen LogP contribution in [0.15, 0.2) is 47.6 Å². The van der Waals surface area contributed by atoms with Crippen LogP contribution in [0.2, 0.25) is 0 Å². The second kappa shape index (κ2) is 5.91. The van der Waals surface area contributed by atoms with Crippen LogP contribution in [0.25, 0.3) is 0 Å². The summed E-state index contributed by atoms with van der Waals surface area (Å²) in [6, 6.07) is 8.94. The fourth-order valence-corrected chi connectivity index (χ4v) is 3.44. The Morgan fingerprint density at radius 2 is 1.76 bits per heavy atom. The van der Waals surface area contributed by atoms with Gasteiger partial charge >= 0.3 is 0 Å². The normalized spacial score (nSPS) is 25.0. The van der Waals surface area contributed by atoms with Crippen LogP contribution in [-0.4, -0.2) is 18.3 Å². The van der Waals surface area contributed by atoms with Gasteiger partial charge in [-0.1, -0.05) is 0 Å². The first-order chi connectivity index (χ1) is 12.0. The van der Waals surface area contributed by atoms with Crippen LogP contribution in [0, 0.1) is 23.4 Å². The van der Waals surface area contributed by atoms with Crippen molar-refractivity contribution in [2.75, 3.05) is 5.01 Å². The van der Waals surface area contributed by atoms with Crippen molar-refractivity contribution in [1.29, 1.82) is 0 Å². The Morgan fingerprint density at radius 3 is 2.52 bits per heavy atom. The van der Waals surface area contributed by atoms with E-state index in [0.29, 0.717) is 5.69 Å². The number of halogens is 3. The van der Waals surface area contributed by atoms with Crippen LogP contribution in [0.4, 0.5) is 18.9 Å². The molecule has 3 atom stereocenters. The molecule has 0 saturated carbocycles. The van der Waals surface area contributed by atoms with Crippen molar-refractivity contribution in [2.45, 2.75) is 18.5 Å². The Kier molecular flexibility index (Phi) is 3.71. The van der Waals surface area contributed by atoms with Gasteiger partial charge in [0.15, 0.2) is 0 Å². The lowest BCUT2D eigenvalue weighted by Gasteiger charge is -2.36. The van der Waals surface area contributed by atoms with Gasteiger partial charge in [0.25, 0.3) is 0 Å². The molecule has 4 rings (SSSR count). The lowest BCUT2D eigenvalue weighted by molar-refractivity contribution is -0.124. The number of fused-ring (bicyclic) bond motifs is 1. The highest BCUT2D eigenvalue weighted by Crippen LogP contribution is 2.39. The van der Waals surface area contributed by atoms with Gasteiger partial charge in [-0.2, -0.15) is 5.10 Å². The number of piperidine rings is 1. The van der Waals surface area contributed by atoms with Crippen molar-refractivity contribution in [3.05, 3.63) is 65.5 Å². The fourth-order valence-electron chi connectivity index (χ4n) is 3.44. The summed E-state index contributed by atoms with van der Waals surface area (Å²) >= 11 is 0. The molecule has 1 fully saturated rings. The molecular weight excluding hydrogens is 331 g/mol. The maximum atomic E-state index is 14.2. The Morgan fingerprint density at radius 1 is 1.04 bits per heavy atom. The number of nitrogens with one attached hydrogen (secondary N) is 1. The summed E-state index contributed by atoms with van der Waals surface area (Å²) in [5.74, 6) is -2.59. The van der Waals surface area contributed by atoms with Crippen LogP contribution in [0.5, 0.6) is 0 Å². The average Bonchev–Trinajstić information content (AvgIpc) is 3.01. The van der Waals surface area contributed by atoms with Gasteiger partial charge in [-0.25, -0.2) is 18.2 Å². The molecule has 2 aliphatic rings. The van der Waals surface area contributed by atoms with Gasteiger partial charge in [-0.15, -0.1) is 0 Å². The molecule has 2 aromatic carbocycles. The molecule has 0 aliphatic carbocycles. The average molecular weight is 345 g/mol. The number of amides is 1. The SMILES string of the molecule is O=C1C[C@@H](c2cc(F)ccc2F)C2C=NN(c3ccc(F)cc3)C2N1. The number of benzene rings is 2. The van der Waals surface area contributed by atoms with Crippen molar-refractivity contribution >= 4 is 17.8 Å². The molecule has 4 nitrogen and oxygen atoms in total. The van der Waals surface area contributed by atoms with E-state index in [1.54, 1.807) is 23.4 Å². The molecule has 25 heavy (non-hydrogen) atoms. The van der Waals surface area contributed by atoms with Crippen molar-refractivity contribution in [3.8, 4) is 0 Å². The summed E-state index contributed by atoms with van der Waals surface area (Å²) in [6.07, 6.45) is 1.15. The Labute approximate surface area is 141 Å². The topological polar surface area (TPSA) is 44.7 Å². The van der Waals surface area contributed by atoms with E-state index >= 15 is 0 Å². The van der Waals surface area contributed by atoms with Gasteiger partial charge < -0.3 is 5.32 Å². The molecule has 2 unspecified atom stereocenters. The Balaban J connectivity index is 1.69. The largest absolute Gasteiger partial charge is 0.334 e. The number of carbonyl (C=O) groups excluding carboxylic acids is 1. The highest BCUT2D eigenvalue weighted by Gasteiger charge is 2.44. The minimum atomic E-state index is -0.552. The molecule has 2 aromatic rings. The van der Waals surface area contributed by atoms with Crippen molar-refractivity contribution in [1.82, 2.24) is 5.32 Å². The van der Waals surface area contributed by atoms with Gasteiger partial charge in [0.05, 0.1) is 5.69 Å². The lowest BCUT2D eigenvalue weighted by atomic mass is 9.79. The molecule has 1 amide bonds. The van der Waals surface area contributed by atoms with Crippen LogP contribution in [0.1, 0.15) is 17.9 Å². The molecule has 128 valence electrons. The zero-order chi connectivity index (χ0) is 17.6. The lowest BCUT2D eigenvalue weighted by Crippen LogP contribution is -2.53. The van der Waals surface area contributed by atoms with Gasteiger partial charge in [0.2, 0.25) is 5.91 Å². The summed E-state index contributed by atoms with van der Waals surface area (Å²) in [7, 11) is 0. The second-order valence-electron chi connectivity index (χ2n) is 6.15. The number of hydrazone groups is 1. The Hall–Kier alpha value is -2.83. The molecule has 1 saturated heterocycles. The van der Waals surface area contributed by atoms with Crippen LogP contribution in [0.3, 0.4) is 0 Å². The minimum Gasteiger partial charge on any atom is -0.334 e. The Bertz CT molecular complexity index is 853. The molecule has 1 N–H and O–H groups in total. The van der Waals surface area contributed by atoms with Crippen LogP contribution < -0.4 is 10.3 Å². The predicted octanol–water partition coefficient (Wildman–Crippen LogP) is 3.16. The number of rotatable bonds is 2. The quantitative estimate of drug-likeness (QED) is 0.909. The summed E-state index contributed by atoms with van der Waals surface area (Å²) in [5, 5.41) is 8.69. The first-order valence-electron chi connectivity index (χ1n) is 7.86. The maximum absolute atomic E-state index is 14.2. The van der Waals surface area contributed by atoms with E-state index in [1.807, 2.05) is 0 Å². The van der Waals surface area contributed by atoms with E-state index in [0.717, 1.165) is 18.2 Å². The first-order valence-corrected chi connectivity index (χ1v) is 7.86. The standard InChI is InChI=1S/C18H14F3N3O/c19-10-1-4-12(5-2-10)24-18-15(9-22-24)13(8-17(25)23-18)14-7-11(20)3-6-16(14)21/h1-7,9,13,15,18H,8H2,(H,23,25)/t13-,15?,18?/m0/s1. The third kappa shape index (κ3) is 2.75. The second-order valence-corrected chi connectivity index (χ2v) is 6.15. The number of nitrogens with zero attached hydrogens (tertiary/aromatic N) is 2. The summed E-state index contributed by atoms with van der Waals surface area (Å²) < 4.78 is 40.9. The van der Waals surface area contributed by atoms with E-state index in [2.05, 4.69) is 10.4 Å². The van der Waals surface area contributed by atoms with Gasteiger partial charge in [-0.05, 0) is 48.0 Å². The number of carbonyl (C=O) groups is 1. The molecule has 0 radical (unpaired) electrons. The summed E-state index contributed by atoms with van der Waals surface area (Å²) in [5.41, 5.74) is 0.767. The predicted molar refractivity (Wildman–Crippen MR) is 86.5 cm³/mol. The van der Waals surface area contributed by atoms with E-state index < -0.39 is 23.7 Å². The maximum Gasteiger partial charge on any atom is 0.222 e. The molecule has 2 aliphatic heterocycles. The van der Waals surface area contributed by atoms with E-state index in [-0.39, 0.29) is 29.6 Å². The molecule has 0 spiro atoms. The van der Waals surface area contributed by atoms with Crippen LogP contribution in [-0.2, 0) is 4.79 Å². The summed E-state index contributed by atoms with van der Waals surface area (Å²) in [6.45, 7) is 0. The van der Waals surface area contributed by atoms with Gasteiger partial charge in [0.1, 0.15) is 23.6 Å². The zero-order valence-corrected chi connectivity index (χ0v) is 13.0. The molecule has 7 heteroatoms. The molecule has 0 aromatic heterocycles. The number of hydrogen-bond acceptors (Lipinski definition) is 3. The molecule has 0 bridgehead atoms. The first kappa shape index (κ1) is 15.7. The highest BCUT2D eigenvalue weighted by molar-refractivity contribution is 5.84. The molecule has 2 heterocycles. The van der Waals surface area contributed by atoms with E-state index in [9.17, 15) is 18.0 Å². The zero-order valence-electron chi connectivity index (χ0n) is 13.0. The van der Waals surface area contributed by atoms with E-state index in [4.69, 9.17) is 0 Å². The van der Waals surface area contributed by atoms with Crippen molar-refractivity contribution in [3.63, 3.8) is 0 Å². The number of hydrogen-bond donors (Lipinski definition) is 1. The van der Waals surface area contributed by atoms with Crippen molar-refractivity contribution in [2.24, 2.45) is 11.0 Å². The monoisotopic (exact) mass is 345 g/mol. The third-order valence-corrected chi connectivity index (χ3v) is 4.62. The van der Waals surface area contributed by atoms with Crippen LogP contribution >= 0.6 is 0 Å². The van der Waals surface area contributed by atoms with Gasteiger partial charge in [0, 0.05) is 24.5 Å². The fraction of sp³-hybridized carbons (Fsp3) is 0.222. The third-order valence-electron chi connectivity index (χ3n) is 4.62.